The summed E-state index contributed by atoms with van der Waals surface area (Å²) in [7, 11) is 0. The van der Waals surface area contributed by atoms with Gasteiger partial charge >= 0.3 is 5.97 Å². The summed E-state index contributed by atoms with van der Waals surface area (Å²) in [6, 6.07) is 19.1. The largest absolute Gasteiger partial charge is 0.478 e. The van der Waals surface area contributed by atoms with Gasteiger partial charge in [0.2, 0.25) is 0 Å². The zero-order chi connectivity index (χ0) is 18.8. The maximum Gasteiger partial charge on any atom is 0.335 e. The average molecular weight is 355 g/mol. The Morgan fingerprint density at radius 3 is 2.41 bits per heavy atom. The van der Waals surface area contributed by atoms with Crippen molar-refractivity contribution in [1.29, 1.82) is 0 Å². The number of hydrogen-bond donors (Lipinski definition) is 1. The Bertz CT molecular complexity index is 1100. The van der Waals surface area contributed by atoms with Crippen molar-refractivity contribution in [3.8, 4) is 28.1 Å². The maximum atomic E-state index is 11.6. The van der Waals surface area contributed by atoms with E-state index in [1.807, 2.05) is 65.5 Å². The Balaban J connectivity index is 1.93. The molecule has 0 aliphatic rings. The number of hydrogen-bond acceptors (Lipinski definition) is 3. The third kappa shape index (κ3) is 3.22. The summed E-state index contributed by atoms with van der Waals surface area (Å²) >= 11 is 0. The van der Waals surface area contributed by atoms with E-state index in [0.717, 1.165) is 33.6 Å². The smallest absolute Gasteiger partial charge is 0.335 e. The number of para-hydroxylation sites is 1. The molecule has 0 atom stereocenters. The minimum atomic E-state index is -0.935. The van der Waals surface area contributed by atoms with Gasteiger partial charge in [0.05, 0.1) is 11.3 Å². The second-order valence-electron chi connectivity index (χ2n) is 6.24. The van der Waals surface area contributed by atoms with E-state index >= 15 is 0 Å². The fourth-order valence-corrected chi connectivity index (χ4v) is 3.04. The number of carboxylic acids is 1. The number of carbonyl (C=O) groups is 1. The van der Waals surface area contributed by atoms with Crippen LogP contribution in [-0.4, -0.2) is 25.8 Å². The van der Waals surface area contributed by atoms with Gasteiger partial charge in [0.25, 0.3) is 0 Å². The van der Waals surface area contributed by atoms with Gasteiger partial charge in [-0.05, 0) is 48.4 Å². The Kier molecular flexibility index (Phi) is 4.26. The van der Waals surface area contributed by atoms with Crippen molar-refractivity contribution in [3.63, 3.8) is 0 Å². The van der Waals surface area contributed by atoms with Crippen LogP contribution in [0.3, 0.4) is 0 Å². The Hall–Kier alpha value is -3.73. The fraction of sp³-hybridized carbons (Fsp3) is 0.0455. The van der Waals surface area contributed by atoms with E-state index in [1.165, 1.54) is 0 Å². The van der Waals surface area contributed by atoms with Crippen LogP contribution < -0.4 is 0 Å². The lowest BCUT2D eigenvalue weighted by molar-refractivity contribution is 0.0696. The van der Waals surface area contributed by atoms with Gasteiger partial charge < -0.3 is 5.11 Å². The molecule has 0 saturated carbocycles. The summed E-state index contributed by atoms with van der Waals surface area (Å²) in [5, 5.41) is 14.2. The molecule has 132 valence electrons. The second-order valence-corrected chi connectivity index (χ2v) is 6.24. The highest BCUT2D eigenvalue weighted by Crippen LogP contribution is 2.33. The van der Waals surface area contributed by atoms with Crippen LogP contribution in [-0.2, 0) is 0 Å². The lowest BCUT2D eigenvalue weighted by Crippen LogP contribution is -1.99. The van der Waals surface area contributed by atoms with E-state index in [4.69, 9.17) is 5.10 Å². The highest BCUT2D eigenvalue weighted by molar-refractivity contribution is 5.92. The number of pyridine rings is 1. The standard InChI is InChI=1S/C22H17N3O2/c1-15-7-8-17(13-19(15)22(26)27)20-14-25(18-5-3-2-4-6-18)24-21(20)16-9-11-23-12-10-16/h2-14H,1H3,(H,26,27). The fourth-order valence-electron chi connectivity index (χ4n) is 3.04. The lowest BCUT2D eigenvalue weighted by atomic mass is 9.98. The molecule has 0 aliphatic heterocycles. The van der Waals surface area contributed by atoms with Crippen LogP contribution >= 0.6 is 0 Å². The molecule has 1 N–H and O–H groups in total. The quantitative estimate of drug-likeness (QED) is 0.580. The molecule has 0 spiro atoms. The molecule has 0 bridgehead atoms. The SMILES string of the molecule is Cc1ccc(-c2cn(-c3ccccc3)nc2-c2ccncc2)cc1C(=O)O. The van der Waals surface area contributed by atoms with Crippen molar-refractivity contribution in [2.24, 2.45) is 0 Å². The molecule has 2 heterocycles. The third-order valence-corrected chi connectivity index (χ3v) is 4.47. The van der Waals surface area contributed by atoms with E-state index in [9.17, 15) is 9.90 Å². The Morgan fingerprint density at radius 1 is 0.963 bits per heavy atom. The minimum absolute atomic E-state index is 0.292. The third-order valence-electron chi connectivity index (χ3n) is 4.47. The van der Waals surface area contributed by atoms with Gasteiger partial charge in [-0.15, -0.1) is 0 Å². The van der Waals surface area contributed by atoms with Gasteiger partial charge in [0.15, 0.2) is 0 Å². The van der Waals surface area contributed by atoms with Gasteiger partial charge in [-0.25, -0.2) is 9.48 Å². The van der Waals surface area contributed by atoms with Gasteiger partial charge in [-0.3, -0.25) is 4.98 Å². The molecule has 0 unspecified atom stereocenters. The first-order chi connectivity index (χ1) is 13.1. The summed E-state index contributed by atoms with van der Waals surface area (Å²) in [4.78, 5) is 15.6. The molecule has 0 fully saturated rings. The van der Waals surface area contributed by atoms with Crippen molar-refractivity contribution in [2.45, 2.75) is 6.92 Å². The number of aryl methyl sites for hydroxylation is 1. The summed E-state index contributed by atoms with van der Waals surface area (Å²) in [5.74, 6) is -0.935. The first-order valence-corrected chi connectivity index (χ1v) is 8.53. The second kappa shape index (κ2) is 6.88. The van der Waals surface area contributed by atoms with Crippen molar-refractivity contribution in [3.05, 3.63) is 90.4 Å². The van der Waals surface area contributed by atoms with Crippen LogP contribution in [0.2, 0.25) is 0 Å². The van der Waals surface area contributed by atoms with Crippen LogP contribution in [0.5, 0.6) is 0 Å². The predicted molar refractivity (Wildman–Crippen MR) is 104 cm³/mol. The zero-order valence-corrected chi connectivity index (χ0v) is 14.7. The van der Waals surface area contributed by atoms with Crippen LogP contribution in [0.1, 0.15) is 15.9 Å². The number of benzene rings is 2. The molecule has 2 aromatic heterocycles. The van der Waals surface area contributed by atoms with Crippen molar-refractivity contribution < 1.29 is 9.90 Å². The van der Waals surface area contributed by atoms with Crippen molar-refractivity contribution in [2.75, 3.05) is 0 Å². The van der Waals surface area contributed by atoms with Crippen LogP contribution in [0.15, 0.2) is 79.3 Å². The minimum Gasteiger partial charge on any atom is -0.478 e. The summed E-state index contributed by atoms with van der Waals surface area (Å²) in [6.45, 7) is 1.80. The van der Waals surface area contributed by atoms with E-state index in [2.05, 4.69) is 4.98 Å². The monoisotopic (exact) mass is 355 g/mol. The number of nitrogens with zero attached hydrogens (tertiary/aromatic N) is 3. The highest BCUT2D eigenvalue weighted by Gasteiger charge is 2.16. The predicted octanol–water partition coefficient (Wildman–Crippen LogP) is 4.61. The molecule has 0 radical (unpaired) electrons. The van der Waals surface area contributed by atoms with Gasteiger partial charge in [-0.1, -0.05) is 30.3 Å². The lowest BCUT2D eigenvalue weighted by Gasteiger charge is -2.06. The van der Waals surface area contributed by atoms with Crippen LogP contribution in [0, 0.1) is 6.92 Å². The average Bonchev–Trinajstić information content (AvgIpc) is 3.15. The molecule has 0 aliphatic carbocycles. The van der Waals surface area contributed by atoms with Gasteiger partial charge in [0.1, 0.15) is 5.69 Å². The van der Waals surface area contributed by atoms with Gasteiger partial charge in [-0.2, -0.15) is 5.10 Å². The topological polar surface area (TPSA) is 68.0 Å². The van der Waals surface area contributed by atoms with E-state index < -0.39 is 5.97 Å². The molecule has 5 nitrogen and oxygen atoms in total. The molecule has 27 heavy (non-hydrogen) atoms. The molecular weight excluding hydrogens is 338 g/mol. The van der Waals surface area contributed by atoms with E-state index in [1.54, 1.807) is 25.4 Å². The highest BCUT2D eigenvalue weighted by atomic mass is 16.4. The molecule has 0 amide bonds. The first-order valence-electron chi connectivity index (χ1n) is 8.53. The molecule has 0 saturated heterocycles. The molecule has 4 rings (SSSR count). The normalized spacial score (nSPS) is 10.7. The zero-order valence-electron chi connectivity index (χ0n) is 14.7. The maximum absolute atomic E-state index is 11.6. The summed E-state index contributed by atoms with van der Waals surface area (Å²) in [5.41, 5.74) is 5.34. The number of aromatic carboxylic acids is 1. The summed E-state index contributed by atoms with van der Waals surface area (Å²) in [6.07, 6.45) is 5.37. The van der Waals surface area contributed by atoms with Crippen LogP contribution in [0.25, 0.3) is 28.1 Å². The van der Waals surface area contributed by atoms with E-state index in [-0.39, 0.29) is 0 Å². The Morgan fingerprint density at radius 2 is 1.70 bits per heavy atom. The molecular formula is C22H17N3O2. The number of rotatable bonds is 4. The van der Waals surface area contributed by atoms with Crippen molar-refractivity contribution >= 4 is 5.97 Å². The van der Waals surface area contributed by atoms with Crippen molar-refractivity contribution in [1.82, 2.24) is 14.8 Å². The number of aromatic nitrogens is 3. The Labute approximate surface area is 156 Å². The summed E-state index contributed by atoms with van der Waals surface area (Å²) < 4.78 is 1.81. The van der Waals surface area contributed by atoms with E-state index in [0.29, 0.717) is 5.56 Å². The number of carboxylic acid groups (broad SMARTS) is 1. The molecule has 5 heteroatoms. The first kappa shape index (κ1) is 16.7. The van der Waals surface area contributed by atoms with Gasteiger partial charge in [0, 0.05) is 29.7 Å². The molecule has 4 aromatic rings. The molecule has 2 aromatic carbocycles. The van der Waals surface area contributed by atoms with Crippen LogP contribution in [0.4, 0.5) is 0 Å².